The Kier molecular flexibility index (Phi) is 4.45. The molecule has 0 aromatic carbocycles. The molecule has 2 heterocycles. The number of nitrogens with one attached hydrogen (secondary N) is 1. The van der Waals surface area contributed by atoms with Gasteiger partial charge in [0.2, 0.25) is 10.0 Å². The van der Waals surface area contributed by atoms with Crippen LogP contribution < -0.4 is 10.5 Å². The van der Waals surface area contributed by atoms with Crippen molar-refractivity contribution in [3.05, 3.63) is 23.6 Å². The largest absolute Gasteiger partial charge is 0.308 e. The Morgan fingerprint density at radius 2 is 2.29 bits per heavy atom. The Balaban J connectivity index is 1.85. The SMILES string of the molecule is C=CCN1C[C@@H](NCC2CC2)c2sc(S(N)(=O)=O)cc2S1. The second-order valence-electron chi connectivity index (χ2n) is 5.47. The van der Waals surface area contributed by atoms with Crippen LogP contribution in [0, 0.1) is 5.92 Å². The summed E-state index contributed by atoms with van der Waals surface area (Å²) in [6.45, 7) is 6.39. The zero-order valence-electron chi connectivity index (χ0n) is 11.6. The first-order chi connectivity index (χ1) is 9.97. The summed E-state index contributed by atoms with van der Waals surface area (Å²) in [5, 5.41) is 8.84. The van der Waals surface area contributed by atoms with Crippen LogP contribution >= 0.6 is 23.3 Å². The summed E-state index contributed by atoms with van der Waals surface area (Å²) < 4.78 is 25.6. The first-order valence-corrected chi connectivity index (χ1v) is 10.0. The monoisotopic (exact) mass is 345 g/mol. The number of hydrogen-bond donors (Lipinski definition) is 2. The molecule has 116 valence electrons. The molecule has 1 aliphatic heterocycles. The van der Waals surface area contributed by atoms with Gasteiger partial charge in [-0.25, -0.2) is 17.9 Å². The lowest BCUT2D eigenvalue weighted by Gasteiger charge is -2.31. The molecule has 0 amide bonds. The highest BCUT2D eigenvalue weighted by atomic mass is 32.2. The average Bonchev–Trinajstić information content (AvgIpc) is 3.12. The number of nitrogens with two attached hydrogens (primary N) is 1. The molecule has 1 aromatic heterocycles. The maximum atomic E-state index is 11.6. The first kappa shape index (κ1) is 15.5. The van der Waals surface area contributed by atoms with Crippen LogP contribution in [0.25, 0.3) is 0 Å². The van der Waals surface area contributed by atoms with E-state index in [-0.39, 0.29) is 10.3 Å². The molecule has 3 rings (SSSR count). The standard InChI is InChI=1S/C13H19N3O2S3/c1-2-5-16-8-10(15-7-9-3-4-9)13-11(20-16)6-12(19-13)21(14,17)18/h2,6,9-10,15H,1,3-5,7-8H2,(H2,14,17,18)/t10-/m1/s1. The fraction of sp³-hybridized carbons (Fsp3) is 0.538. The number of primary sulfonamides is 1. The summed E-state index contributed by atoms with van der Waals surface area (Å²) in [6, 6.07) is 1.86. The number of thiophene rings is 1. The predicted molar refractivity (Wildman–Crippen MR) is 86.8 cm³/mol. The molecule has 0 bridgehead atoms. The number of nitrogens with zero attached hydrogens (tertiary/aromatic N) is 1. The van der Waals surface area contributed by atoms with E-state index in [0.29, 0.717) is 0 Å². The van der Waals surface area contributed by atoms with Crippen molar-refractivity contribution in [1.29, 1.82) is 0 Å². The summed E-state index contributed by atoms with van der Waals surface area (Å²) in [5.74, 6) is 0.786. The van der Waals surface area contributed by atoms with Crippen LogP contribution in [0.15, 0.2) is 27.8 Å². The zero-order valence-corrected chi connectivity index (χ0v) is 14.1. The molecule has 1 aromatic rings. The van der Waals surface area contributed by atoms with Crippen LogP contribution in [-0.4, -0.2) is 32.4 Å². The van der Waals surface area contributed by atoms with Crippen molar-refractivity contribution in [2.24, 2.45) is 11.1 Å². The molecule has 1 aliphatic carbocycles. The van der Waals surface area contributed by atoms with Crippen molar-refractivity contribution in [1.82, 2.24) is 9.62 Å². The van der Waals surface area contributed by atoms with E-state index in [2.05, 4.69) is 16.2 Å². The van der Waals surface area contributed by atoms with Crippen molar-refractivity contribution in [2.45, 2.75) is 28.0 Å². The molecule has 0 unspecified atom stereocenters. The van der Waals surface area contributed by atoms with Gasteiger partial charge in [-0.1, -0.05) is 6.08 Å². The maximum absolute atomic E-state index is 11.6. The van der Waals surface area contributed by atoms with Gasteiger partial charge in [-0.2, -0.15) is 0 Å². The van der Waals surface area contributed by atoms with E-state index in [0.717, 1.165) is 35.3 Å². The van der Waals surface area contributed by atoms with E-state index >= 15 is 0 Å². The van der Waals surface area contributed by atoms with E-state index in [1.807, 2.05) is 6.08 Å². The number of hydrogen-bond acceptors (Lipinski definition) is 6. The molecular formula is C13H19N3O2S3. The maximum Gasteiger partial charge on any atom is 0.247 e. The highest BCUT2D eigenvalue weighted by molar-refractivity contribution is 7.97. The van der Waals surface area contributed by atoms with Gasteiger partial charge < -0.3 is 5.32 Å². The summed E-state index contributed by atoms with van der Waals surface area (Å²) >= 11 is 2.88. The van der Waals surface area contributed by atoms with Gasteiger partial charge in [-0.3, -0.25) is 0 Å². The number of sulfonamides is 1. The fourth-order valence-corrected chi connectivity index (χ4v) is 5.67. The highest BCUT2D eigenvalue weighted by Gasteiger charge is 2.31. The van der Waals surface area contributed by atoms with Crippen molar-refractivity contribution in [2.75, 3.05) is 19.6 Å². The van der Waals surface area contributed by atoms with Crippen LogP contribution in [-0.2, 0) is 10.0 Å². The van der Waals surface area contributed by atoms with Crippen LogP contribution in [0.1, 0.15) is 23.8 Å². The normalized spacial score (nSPS) is 23.0. The van der Waals surface area contributed by atoms with Crippen molar-refractivity contribution in [3.8, 4) is 0 Å². The molecule has 3 N–H and O–H groups in total. The molecule has 2 aliphatic rings. The Morgan fingerprint density at radius 3 is 2.90 bits per heavy atom. The van der Waals surface area contributed by atoms with Crippen molar-refractivity contribution in [3.63, 3.8) is 0 Å². The van der Waals surface area contributed by atoms with Crippen molar-refractivity contribution >= 4 is 33.3 Å². The predicted octanol–water partition coefficient (Wildman–Crippen LogP) is 1.94. The fourth-order valence-electron chi connectivity index (χ4n) is 2.33. The van der Waals surface area contributed by atoms with E-state index in [4.69, 9.17) is 5.14 Å². The highest BCUT2D eigenvalue weighted by Crippen LogP contribution is 2.43. The zero-order chi connectivity index (χ0) is 15.0. The molecular weight excluding hydrogens is 326 g/mol. The summed E-state index contributed by atoms with van der Waals surface area (Å²) in [6.07, 6.45) is 4.46. The van der Waals surface area contributed by atoms with Gasteiger partial charge in [0.25, 0.3) is 0 Å². The average molecular weight is 346 g/mol. The minimum absolute atomic E-state index is 0.169. The Morgan fingerprint density at radius 1 is 1.52 bits per heavy atom. The van der Waals surface area contributed by atoms with Gasteiger partial charge in [0.1, 0.15) is 4.21 Å². The van der Waals surface area contributed by atoms with Gasteiger partial charge in [-0.05, 0) is 43.3 Å². The Hall–Kier alpha value is -0.380. The van der Waals surface area contributed by atoms with E-state index in [1.165, 1.54) is 24.2 Å². The third-order valence-electron chi connectivity index (χ3n) is 3.60. The third kappa shape index (κ3) is 3.69. The molecule has 1 atom stereocenters. The second kappa shape index (κ2) is 6.02. The molecule has 5 nitrogen and oxygen atoms in total. The Bertz CT molecular complexity index is 637. The van der Waals surface area contributed by atoms with Crippen LogP contribution in [0.3, 0.4) is 0 Å². The summed E-state index contributed by atoms with van der Waals surface area (Å²) in [4.78, 5) is 2.08. The van der Waals surface area contributed by atoms with Crippen LogP contribution in [0.2, 0.25) is 0 Å². The van der Waals surface area contributed by atoms with Gasteiger partial charge in [0.05, 0.1) is 6.04 Å². The summed E-state index contributed by atoms with van der Waals surface area (Å²) in [5.41, 5.74) is 0. The Labute approximate surface area is 133 Å². The lowest BCUT2D eigenvalue weighted by atomic mass is 10.2. The van der Waals surface area contributed by atoms with Gasteiger partial charge >= 0.3 is 0 Å². The number of fused-ring (bicyclic) bond motifs is 1. The van der Waals surface area contributed by atoms with E-state index < -0.39 is 10.0 Å². The van der Waals surface area contributed by atoms with Crippen LogP contribution in [0.4, 0.5) is 0 Å². The number of rotatable bonds is 6. The minimum atomic E-state index is -3.63. The van der Waals surface area contributed by atoms with Crippen LogP contribution in [0.5, 0.6) is 0 Å². The van der Waals surface area contributed by atoms with Crippen molar-refractivity contribution < 1.29 is 8.42 Å². The molecule has 8 heteroatoms. The molecule has 1 saturated carbocycles. The molecule has 0 spiro atoms. The van der Waals surface area contributed by atoms with Gasteiger partial charge in [0, 0.05) is 22.9 Å². The van der Waals surface area contributed by atoms with Gasteiger partial charge in [-0.15, -0.1) is 17.9 Å². The smallest absolute Gasteiger partial charge is 0.247 e. The lowest BCUT2D eigenvalue weighted by Crippen LogP contribution is -2.35. The molecule has 1 fully saturated rings. The third-order valence-corrected chi connectivity index (χ3v) is 7.48. The first-order valence-electron chi connectivity index (χ1n) is 6.91. The second-order valence-corrected chi connectivity index (χ2v) is 9.48. The topological polar surface area (TPSA) is 75.4 Å². The van der Waals surface area contributed by atoms with E-state index in [1.54, 1.807) is 18.0 Å². The minimum Gasteiger partial charge on any atom is -0.308 e. The quantitative estimate of drug-likeness (QED) is 0.609. The molecule has 21 heavy (non-hydrogen) atoms. The molecule has 0 saturated heterocycles. The van der Waals surface area contributed by atoms with Gasteiger partial charge in [0.15, 0.2) is 0 Å². The van der Waals surface area contributed by atoms with E-state index in [9.17, 15) is 8.42 Å². The lowest BCUT2D eigenvalue weighted by molar-refractivity contribution is 0.396. The summed E-state index contributed by atoms with van der Waals surface area (Å²) in [7, 11) is -3.63. The molecule has 0 radical (unpaired) electrons.